The van der Waals surface area contributed by atoms with E-state index >= 15 is 0 Å². The second-order valence-corrected chi connectivity index (χ2v) is 3.53. The zero-order valence-electron chi connectivity index (χ0n) is 7.97. The molecule has 1 aromatic carbocycles. The highest BCUT2D eigenvalue weighted by molar-refractivity contribution is 6.30. The van der Waals surface area contributed by atoms with E-state index < -0.39 is 0 Å². The Morgan fingerprint density at radius 3 is 2.57 bits per heavy atom. The van der Waals surface area contributed by atoms with Crippen molar-refractivity contribution in [2.24, 2.45) is 5.73 Å². The molecule has 0 bridgehead atoms. The highest BCUT2D eigenvalue weighted by Crippen LogP contribution is 2.21. The third kappa shape index (κ3) is 3.82. The molecule has 14 heavy (non-hydrogen) atoms. The number of hydrogen-bond donors (Lipinski definition) is 1. The molecule has 0 aromatic heterocycles. The van der Waals surface area contributed by atoms with Gasteiger partial charge in [0.05, 0.1) is 0 Å². The van der Waals surface area contributed by atoms with Gasteiger partial charge in [0.2, 0.25) is 0 Å². The fraction of sp³-hybridized carbons (Fsp3) is 0.400. The Morgan fingerprint density at radius 2 is 2.07 bits per heavy atom. The van der Waals surface area contributed by atoms with Gasteiger partial charge in [-0.25, -0.2) is 4.39 Å². The molecule has 2 N–H and O–H groups in total. The van der Waals surface area contributed by atoms with Crippen LogP contribution in [0.2, 0.25) is 5.02 Å². The van der Waals surface area contributed by atoms with Gasteiger partial charge >= 0.3 is 0 Å². The molecule has 0 amide bonds. The summed E-state index contributed by atoms with van der Waals surface area (Å²) in [6.45, 7) is 2.04. The minimum absolute atomic E-state index is 0. The van der Waals surface area contributed by atoms with E-state index in [4.69, 9.17) is 17.3 Å². The standard InChI is InChI=1S/C10H13ClFN.ClH/c1-2-3-10(13)7-4-8(11)6-9(12)5-7;/h4-6,10H,2-3,13H2,1H3;1H/t10-;/m1./s1. The van der Waals surface area contributed by atoms with Crippen molar-refractivity contribution in [3.8, 4) is 0 Å². The van der Waals surface area contributed by atoms with E-state index in [1.54, 1.807) is 6.07 Å². The van der Waals surface area contributed by atoms with Crippen LogP contribution in [-0.4, -0.2) is 0 Å². The summed E-state index contributed by atoms with van der Waals surface area (Å²) in [5, 5.41) is 0.404. The van der Waals surface area contributed by atoms with Gasteiger partial charge < -0.3 is 5.73 Å². The van der Waals surface area contributed by atoms with Gasteiger partial charge in [0.1, 0.15) is 5.82 Å². The summed E-state index contributed by atoms with van der Waals surface area (Å²) in [6, 6.07) is 4.32. The molecule has 1 atom stereocenters. The lowest BCUT2D eigenvalue weighted by molar-refractivity contribution is 0.605. The van der Waals surface area contributed by atoms with Crippen LogP contribution in [0.25, 0.3) is 0 Å². The lowest BCUT2D eigenvalue weighted by atomic mass is 10.0. The fourth-order valence-electron chi connectivity index (χ4n) is 1.27. The van der Waals surface area contributed by atoms with Crippen molar-refractivity contribution in [3.63, 3.8) is 0 Å². The minimum atomic E-state index is -0.325. The first-order valence-corrected chi connectivity index (χ1v) is 4.73. The molecule has 1 rings (SSSR count). The molecule has 0 heterocycles. The summed E-state index contributed by atoms with van der Waals surface area (Å²) in [4.78, 5) is 0. The van der Waals surface area contributed by atoms with Crippen molar-refractivity contribution in [1.29, 1.82) is 0 Å². The minimum Gasteiger partial charge on any atom is -0.324 e. The van der Waals surface area contributed by atoms with E-state index in [2.05, 4.69) is 0 Å². The Bertz CT molecular complexity index is 271. The second kappa shape index (κ2) is 6.23. The predicted octanol–water partition coefficient (Wildman–Crippen LogP) is 3.70. The van der Waals surface area contributed by atoms with Crippen LogP contribution in [0.3, 0.4) is 0 Å². The van der Waals surface area contributed by atoms with Gasteiger partial charge in [0.25, 0.3) is 0 Å². The van der Waals surface area contributed by atoms with Gasteiger partial charge in [0, 0.05) is 11.1 Å². The molecule has 0 aliphatic carbocycles. The Morgan fingerprint density at radius 1 is 1.43 bits per heavy atom. The highest BCUT2D eigenvalue weighted by Gasteiger charge is 2.06. The molecule has 0 saturated heterocycles. The number of rotatable bonds is 3. The van der Waals surface area contributed by atoms with Crippen LogP contribution in [0.4, 0.5) is 4.39 Å². The van der Waals surface area contributed by atoms with Crippen molar-refractivity contribution in [3.05, 3.63) is 34.6 Å². The van der Waals surface area contributed by atoms with Crippen LogP contribution in [0.5, 0.6) is 0 Å². The number of hydrogen-bond acceptors (Lipinski definition) is 1. The largest absolute Gasteiger partial charge is 0.324 e. The number of halogens is 3. The second-order valence-electron chi connectivity index (χ2n) is 3.10. The molecule has 0 fully saturated rings. The van der Waals surface area contributed by atoms with Gasteiger partial charge in [-0.1, -0.05) is 24.9 Å². The third-order valence-electron chi connectivity index (χ3n) is 1.91. The zero-order valence-corrected chi connectivity index (χ0v) is 9.54. The van der Waals surface area contributed by atoms with Crippen molar-refractivity contribution in [2.45, 2.75) is 25.8 Å². The van der Waals surface area contributed by atoms with E-state index in [-0.39, 0.29) is 24.3 Å². The molecule has 0 aliphatic rings. The van der Waals surface area contributed by atoms with E-state index in [1.807, 2.05) is 6.92 Å². The SMILES string of the molecule is CCC[C@@H](N)c1cc(F)cc(Cl)c1.Cl. The van der Waals surface area contributed by atoms with Crippen LogP contribution in [-0.2, 0) is 0 Å². The molecule has 4 heteroatoms. The third-order valence-corrected chi connectivity index (χ3v) is 2.13. The molecular formula is C10H14Cl2FN. The molecule has 0 saturated carbocycles. The maximum Gasteiger partial charge on any atom is 0.125 e. The van der Waals surface area contributed by atoms with Crippen LogP contribution < -0.4 is 5.73 Å². The molecule has 1 aromatic rings. The summed E-state index contributed by atoms with van der Waals surface area (Å²) >= 11 is 5.70. The molecule has 80 valence electrons. The van der Waals surface area contributed by atoms with Crippen molar-refractivity contribution in [2.75, 3.05) is 0 Å². The normalized spacial score (nSPS) is 12.0. The monoisotopic (exact) mass is 237 g/mol. The van der Waals surface area contributed by atoms with Gasteiger partial charge in [-0.15, -0.1) is 12.4 Å². The summed E-state index contributed by atoms with van der Waals surface area (Å²) in [5.41, 5.74) is 6.59. The molecule has 1 nitrogen and oxygen atoms in total. The van der Waals surface area contributed by atoms with Crippen LogP contribution in [0.1, 0.15) is 31.4 Å². The molecule has 0 radical (unpaired) electrons. The van der Waals surface area contributed by atoms with E-state index in [9.17, 15) is 4.39 Å². The first-order valence-electron chi connectivity index (χ1n) is 4.35. The van der Waals surface area contributed by atoms with E-state index in [0.29, 0.717) is 5.02 Å². The Balaban J connectivity index is 0.00000169. The quantitative estimate of drug-likeness (QED) is 0.853. The van der Waals surface area contributed by atoms with Crippen LogP contribution in [0, 0.1) is 5.82 Å². The molecule has 0 spiro atoms. The van der Waals surface area contributed by atoms with Gasteiger partial charge in [0.15, 0.2) is 0 Å². The first kappa shape index (κ1) is 13.7. The lowest BCUT2D eigenvalue weighted by Gasteiger charge is -2.10. The zero-order chi connectivity index (χ0) is 9.84. The van der Waals surface area contributed by atoms with Crippen molar-refractivity contribution in [1.82, 2.24) is 0 Å². The lowest BCUT2D eigenvalue weighted by Crippen LogP contribution is -2.09. The smallest absolute Gasteiger partial charge is 0.125 e. The summed E-state index contributed by atoms with van der Waals surface area (Å²) < 4.78 is 12.9. The van der Waals surface area contributed by atoms with Crippen LogP contribution >= 0.6 is 24.0 Å². The van der Waals surface area contributed by atoms with Crippen molar-refractivity contribution >= 4 is 24.0 Å². The Hall–Kier alpha value is -0.310. The average Bonchev–Trinajstić information content (AvgIpc) is 2.03. The Kier molecular flexibility index (Phi) is 6.09. The molecule has 0 unspecified atom stereocenters. The number of nitrogens with two attached hydrogens (primary N) is 1. The Labute approximate surface area is 94.9 Å². The maximum atomic E-state index is 12.9. The van der Waals surface area contributed by atoms with Gasteiger partial charge in [-0.3, -0.25) is 0 Å². The maximum absolute atomic E-state index is 12.9. The van der Waals surface area contributed by atoms with E-state index in [0.717, 1.165) is 18.4 Å². The number of benzene rings is 1. The topological polar surface area (TPSA) is 26.0 Å². The van der Waals surface area contributed by atoms with Gasteiger partial charge in [-0.05, 0) is 30.2 Å². The molecular weight excluding hydrogens is 224 g/mol. The van der Waals surface area contributed by atoms with Crippen LogP contribution in [0.15, 0.2) is 18.2 Å². The summed E-state index contributed by atoms with van der Waals surface area (Å²) in [7, 11) is 0. The fourth-order valence-corrected chi connectivity index (χ4v) is 1.50. The summed E-state index contributed by atoms with van der Waals surface area (Å²) in [5.74, 6) is -0.325. The highest BCUT2D eigenvalue weighted by atomic mass is 35.5. The first-order chi connectivity index (χ1) is 6.13. The van der Waals surface area contributed by atoms with E-state index in [1.165, 1.54) is 12.1 Å². The molecule has 0 aliphatic heterocycles. The summed E-state index contributed by atoms with van der Waals surface area (Å²) in [6.07, 6.45) is 1.83. The van der Waals surface area contributed by atoms with Gasteiger partial charge in [-0.2, -0.15) is 0 Å². The van der Waals surface area contributed by atoms with Crippen molar-refractivity contribution < 1.29 is 4.39 Å². The predicted molar refractivity (Wildman–Crippen MR) is 60.5 cm³/mol. The average molecular weight is 238 g/mol.